The summed E-state index contributed by atoms with van der Waals surface area (Å²) in [7, 11) is 1.82. The number of aliphatic hydroxyl groups excluding tert-OH is 2. The third-order valence-electron chi connectivity index (χ3n) is 5.84. The van der Waals surface area contributed by atoms with E-state index in [0.29, 0.717) is 18.8 Å². The number of nitrogens with one attached hydrogen (secondary N) is 2. The monoisotopic (exact) mass is 508 g/mol. The van der Waals surface area contributed by atoms with E-state index in [4.69, 9.17) is 4.74 Å². The number of carbonyl (C=O) groups excluding carboxylic acids is 3. The van der Waals surface area contributed by atoms with Crippen LogP contribution in [-0.4, -0.2) is 67.1 Å². The maximum Gasteiger partial charge on any atom is 0.257 e. The van der Waals surface area contributed by atoms with E-state index in [1.807, 2.05) is 42.5 Å². The van der Waals surface area contributed by atoms with Gasteiger partial charge in [0, 0.05) is 31.3 Å². The molecule has 2 rings (SSSR count). The summed E-state index contributed by atoms with van der Waals surface area (Å²) < 4.78 is 8.68. The molecule has 4 N–H and O–H groups in total. The van der Waals surface area contributed by atoms with Gasteiger partial charge in [0.25, 0.3) is 5.91 Å². The lowest BCUT2D eigenvalue weighted by Crippen LogP contribution is -2.46. The van der Waals surface area contributed by atoms with Crippen LogP contribution in [0, 0.1) is 5.41 Å². The molecule has 0 aliphatic carbocycles. The normalized spacial score (nSPS) is 19.3. The quantitative estimate of drug-likeness (QED) is 0.292. The molecule has 0 saturated carbocycles. The number of rotatable bonds is 13. The molecular weight excluding hydrogens is 472 g/mol. The summed E-state index contributed by atoms with van der Waals surface area (Å²) in [6, 6.07) is 0. The van der Waals surface area contributed by atoms with Crippen molar-refractivity contribution in [3.8, 4) is 0 Å². The highest BCUT2D eigenvalue weighted by Crippen LogP contribution is 2.42. The van der Waals surface area contributed by atoms with Crippen LogP contribution >= 0.6 is 11.8 Å². The smallest absolute Gasteiger partial charge is 0.257 e. The van der Waals surface area contributed by atoms with Crippen LogP contribution in [0.1, 0.15) is 33.4 Å². The van der Waals surface area contributed by atoms with Gasteiger partial charge in [0.15, 0.2) is 6.61 Å². The Labute approximate surface area is 210 Å². The average molecular weight is 509 g/mol. The van der Waals surface area contributed by atoms with E-state index in [1.165, 1.54) is 6.08 Å². The van der Waals surface area contributed by atoms with Gasteiger partial charge >= 0.3 is 0 Å². The number of aromatic nitrogens is 2. The minimum Gasteiger partial charge on any atom is -0.486 e. The molecule has 0 aromatic carbocycles. The summed E-state index contributed by atoms with van der Waals surface area (Å²) in [6.07, 6.45) is 5.51. The number of aliphatic hydroxyl groups is 2. The zero-order valence-electron chi connectivity index (χ0n) is 21.0. The van der Waals surface area contributed by atoms with Gasteiger partial charge < -0.3 is 25.6 Å². The second-order valence-corrected chi connectivity index (χ2v) is 10.8. The average Bonchev–Trinajstić information content (AvgIpc) is 3.09. The number of amides is 2. The summed E-state index contributed by atoms with van der Waals surface area (Å²) in [6.45, 7) is 11.3. The van der Waals surface area contributed by atoms with Crippen LogP contribution in [0.2, 0.25) is 0 Å². The Morgan fingerprint density at radius 1 is 1.37 bits per heavy atom. The molecule has 194 valence electrons. The number of ether oxygens (including phenoxy) is 1. The molecule has 0 unspecified atom stereocenters. The van der Waals surface area contributed by atoms with Gasteiger partial charge in [0.05, 0.1) is 30.1 Å². The molecule has 0 spiro atoms. The van der Waals surface area contributed by atoms with Crippen LogP contribution in [0.25, 0.3) is 0 Å². The van der Waals surface area contributed by atoms with Crippen molar-refractivity contribution in [3.05, 3.63) is 48.0 Å². The van der Waals surface area contributed by atoms with E-state index in [9.17, 15) is 24.6 Å². The maximum atomic E-state index is 12.2. The van der Waals surface area contributed by atoms with E-state index in [0.717, 1.165) is 23.0 Å². The number of carbonyl (C=O) groups is 3. The first-order chi connectivity index (χ1) is 16.3. The minimum atomic E-state index is -1.32. The lowest BCUT2D eigenvalue weighted by molar-refractivity contribution is -0.137. The number of hydrogen-bond acceptors (Lipinski definition) is 7. The van der Waals surface area contributed by atoms with E-state index in [2.05, 4.69) is 17.2 Å². The van der Waals surface area contributed by atoms with Crippen molar-refractivity contribution >= 4 is 28.7 Å². The first kappa shape index (κ1) is 28.5. The Balaban J connectivity index is 1.76. The molecule has 2 atom stereocenters. The molecule has 1 aromatic rings. The molecule has 1 aliphatic rings. The molecule has 2 heterocycles. The molecule has 0 radical (unpaired) electrons. The van der Waals surface area contributed by atoms with Crippen molar-refractivity contribution in [1.29, 1.82) is 0 Å². The third kappa shape index (κ3) is 7.36. The van der Waals surface area contributed by atoms with Crippen molar-refractivity contribution in [2.75, 3.05) is 19.8 Å². The van der Waals surface area contributed by atoms with Gasteiger partial charge in [-0.05, 0) is 13.8 Å². The van der Waals surface area contributed by atoms with Crippen molar-refractivity contribution < 1.29 is 29.3 Å². The maximum absolute atomic E-state index is 12.2. The molecule has 35 heavy (non-hydrogen) atoms. The third-order valence-corrected chi connectivity index (χ3v) is 6.90. The molecule has 0 fully saturated rings. The van der Waals surface area contributed by atoms with E-state index in [1.54, 1.807) is 19.9 Å². The highest BCUT2D eigenvalue weighted by atomic mass is 32.2. The van der Waals surface area contributed by atoms with Crippen LogP contribution in [-0.2, 0) is 39.3 Å². The molecule has 0 saturated heterocycles. The Morgan fingerprint density at radius 3 is 2.66 bits per heavy atom. The summed E-state index contributed by atoms with van der Waals surface area (Å²) in [4.78, 5) is 36.2. The Morgan fingerprint density at radius 2 is 2.06 bits per heavy atom. The van der Waals surface area contributed by atoms with E-state index in [-0.39, 0.29) is 30.8 Å². The van der Waals surface area contributed by atoms with Crippen LogP contribution in [0.15, 0.2) is 42.3 Å². The minimum absolute atomic E-state index is 0.123. The fraction of sp³-hybridized carbons (Fsp3) is 0.542. The Hall–Kier alpha value is -2.76. The van der Waals surface area contributed by atoms with Crippen molar-refractivity contribution in [1.82, 2.24) is 20.0 Å². The van der Waals surface area contributed by atoms with E-state index >= 15 is 0 Å². The lowest BCUT2D eigenvalue weighted by atomic mass is 9.87. The first-order valence-electron chi connectivity index (χ1n) is 11.3. The first-order valence-corrected chi connectivity index (χ1v) is 12.1. The Kier molecular flexibility index (Phi) is 9.59. The lowest BCUT2D eigenvalue weighted by Gasteiger charge is -2.28. The SMILES string of the molecule is C=C/C(C)=C/[C@@]1(C)SC(=O)C=C1OCC(=O)NCCn1cc(CNC(=O)[C@H](O)C(C)(C)CO)n1C. The molecule has 1 aliphatic heterocycles. The topological polar surface area (TPSA) is 135 Å². The standard InChI is InChI=1S/C24H36N4O6S/c1-7-16(2)11-24(5)18(10-20(31)35-24)34-14-19(30)25-8-9-28-13-17(27(28)6)12-26-22(33)21(32)23(3,4)15-29/h7,10-11,13,21,29,32H,1,8-9,12,14-15H2,2-6H3,(H,25,30)(H,26,33)/b16-11+/t21-,24+/m0/s1. The molecule has 10 nitrogen and oxygen atoms in total. The highest BCUT2D eigenvalue weighted by molar-refractivity contribution is 8.15. The van der Waals surface area contributed by atoms with Gasteiger partial charge in [0.2, 0.25) is 11.0 Å². The zero-order chi connectivity index (χ0) is 26.4. The van der Waals surface area contributed by atoms with Gasteiger partial charge in [-0.1, -0.05) is 49.9 Å². The number of hydrogen-bond donors (Lipinski definition) is 4. The molecule has 1 aromatic heterocycles. The number of allylic oxidation sites excluding steroid dienone is 2. The number of nitrogens with zero attached hydrogens (tertiary/aromatic N) is 2. The Bertz CT molecular complexity index is 1020. The van der Waals surface area contributed by atoms with E-state index < -0.39 is 22.2 Å². The predicted molar refractivity (Wildman–Crippen MR) is 134 cm³/mol. The second-order valence-electron chi connectivity index (χ2n) is 9.34. The molecule has 2 amide bonds. The zero-order valence-corrected chi connectivity index (χ0v) is 21.8. The van der Waals surface area contributed by atoms with Gasteiger partial charge in [0.1, 0.15) is 11.9 Å². The van der Waals surface area contributed by atoms with Crippen LogP contribution < -0.4 is 10.6 Å². The number of thioether (sulfide) groups is 1. The predicted octanol–water partition coefficient (Wildman–Crippen LogP) is 1.00. The van der Waals surface area contributed by atoms with Crippen LogP contribution in [0.3, 0.4) is 0 Å². The summed E-state index contributed by atoms with van der Waals surface area (Å²) in [5, 5.41) is 24.6. The molecule has 11 heteroatoms. The van der Waals surface area contributed by atoms with Crippen LogP contribution in [0.5, 0.6) is 0 Å². The van der Waals surface area contributed by atoms with Crippen molar-refractivity contribution in [2.24, 2.45) is 12.5 Å². The highest BCUT2D eigenvalue weighted by Gasteiger charge is 2.38. The van der Waals surface area contributed by atoms with Gasteiger partial charge in [-0.3, -0.25) is 23.7 Å². The largest absolute Gasteiger partial charge is 0.486 e. The van der Waals surface area contributed by atoms with Gasteiger partial charge in [-0.25, -0.2) is 0 Å². The second kappa shape index (κ2) is 11.8. The summed E-state index contributed by atoms with van der Waals surface area (Å²) in [5.41, 5.74) is 0.810. The summed E-state index contributed by atoms with van der Waals surface area (Å²) >= 11 is 1.13. The molecular formula is C24H36N4O6S. The fourth-order valence-electron chi connectivity index (χ4n) is 3.36. The molecule has 0 bridgehead atoms. The summed E-state index contributed by atoms with van der Waals surface area (Å²) in [5.74, 6) is -0.414. The fourth-order valence-corrected chi connectivity index (χ4v) is 4.41. The van der Waals surface area contributed by atoms with Crippen molar-refractivity contribution in [3.63, 3.8) is 0 Å². The van der Waals surface area contributed by atoms with Crippen LogP contribution in [0.4, 0.5) is 0 Å². The van der Waals surface area contributed by atoms with Gasteiger partial charge in [-0.15, -0.1) is 0 Å². The van der Waals surface area contributed by atoms with Crippen molar-refractivity contribution in [2.45, 2.75) is 51.6 Å². The van der Waals surface area contributed by atoms with Gasteiger partial charge in [-0.2, -0.15) is 0 Å².